The van der Waals surface area contributed by atoms with Gasteiger partial charge in [-0.05, 0) is 69.2 Å². The van der Waals surface area contributed by atoms with Gasteiger partial charge in [-0.1, -0.05) is 35.5 Å². The Hall–Kier alpha value is -1.90. The number of nitrogens with zero attached hydrogens (tertiary/aromatic N) is 4. The zero-order chi connectivity index (χ0) is 17.8. The maximum Gasteiger partial charge on any atom is 0.234 e. The first-order valence-electron chi connectivity index (χ1n) is 7.26. The molecule has 6 nitrogen and oxygen atoms in total. The van der Waals surface area contributed by atoms with Crippen molar-refractivity contribution in [3.63, 3.8) is 0 Å². The smallest absolute Gasteiger partial charge is 0.234 e. The van der Waals surface area contributed by atoms with E-state index in [4.69, 9.17) is 11.6 Å². The molecule has 0 aliphatic rings. The standard InChI is InChI=1S/C16H13BrClN5OS/c1-10-5-6-14(13(17)7-10)19-15(24)9-25-16-20-21-22-23(16)12-4-2-3-11(18)8-12/h2-8H,9H2,1H3,(H,19,24). The van der Waals surface area contributed by atoms with Crippen LogP contribution < -0.4 is 5.32 Å². The molecule has 3 rings (SSSR count). The third-order valence-electron chi connectivity index (χ3n) is 3.22. The summed E-state index contributed by atoms with van der Waals surface area (Å²) >= 11 is 10.7. The maximum absolute atomic E-state index is 12.2. The van der Waals surface area contributed by atoms with Gasteiger partial charge in [-0.25, -0.2) is 0 Å². The van der Waals surface area contributed by atoms with Crippen LogP contribution in [0.25, 0.3) is 5.69 Å². The molecule has 2 aromatic carbocycles. The largest absolute Gasteiger partial charge is 0.324 e. The summed E-state index contributed by atoms with van der Waals surface area (Å²) in [4.78, 5) is 12.2. The SMILES string of the molecule is Cc1ccc(NC(=O)CSc2nnnn2-c2cccc(Cl)c2)c(Br)c1. The molecule has 1 heterocycles. The molecule has 3 aromatic rings. The minimum Gasteiger partial charge on any atom is -0.324 e. The normalized spacial score (nSPS) is 10.7. The molecular formula is C16H13BrClN5OS. The maximum atomic E-state index is 12.2. The molecule has 9 heteroatoms. The van der Waals surface area contributed by atoms with Gasteiger partial charge in [0.2, 0.25) is 11.1 Å². The zero-order valence-electron chi connectivity index (χ0n) is 13.1. The van der Waals surface area contributed by atoms with E-state index in [2.05, 4.69) is 36.8 Å². The average Bonchev–Trinajstić information content (AvgIpc) is 3.04. The van der Waals surface area contributed by atoms with E-state index in [0.29, 0.717) is 10.2 Å². The van der Waals surface area contributed by atoms with Gasteiger partial charge in [-0.15, -0.1) is 5.10 Å². The van der Waals surface area contributed by atoms with Crippen LogP contribution in [0.2, 0.25) is 5.02 Å². The average molecular weight is 439 g/mol. The lowest BCUT2D eigenvalue weighted by Gasteiger charge is -2.08. The highest BCUT2D eigenvalue weighted by atomic mass is 79.9. The molecule has 0 aliphatic carbocycles. The van der Waals surface area contributed by atoms with E-state index in [1.807, 2.05) is 37.3 Å². The lowest BCUT2D eigenvalue weighted by atomic mass is 10.2. The summed E-state index contributed by atoms with van der Waals surface area (Å²) in [6.07, 6.45) is 0. The summed E-state index contributed by atoms with van der Waals surface area (Å²) in [6.45, 7) is 1.99. The summed E-state index contributed by atoms with van der Waals surface area (Å²) < 4.78 is 2.39. The lowest BCUT2D eigenvalue weighted by molar-refractivity contribution is -0.113. The summed E-state index contributed by atoms with van der Waals surface area (Å²) in [7, 11) is 0. The number of thioether (sulfide) groups is 1. The number of hydrogen-bond acceptors (Lipinski definition) is 5. The number of tetrazole rings is 1. The molecule has 0 fully saturated rings. The van der Waals surface area contributed by atoms with Crippen molar-refractivity contribution in [2.45, 2.75) is 12.1 Å². The van der Waals surface area contributed by atoms with Gasteiger partial charge in [0, 0.05) is 9.50 Å². The number of halogens is 2. The zero-order valence-corrected chi connectivity index (χ0v) is 16.3. The van der Waals surface area contributed by atoms with Crippen LogP contribution in [0.4, 0.5) is 5.69 Å². The van der Waals surface area contributed by atoms with E-state index in [1.165, 1.54) is 11.8 Å². The van der Waals surface area contributed by atoms with Crippen LogP contribution in [0.1, 0.15) is 5.56 Å². The van der Waals surface area contributed by atoms with Crippen molar-refractivity contribution in [2.75, 3.05) is 11.1 Å². The number of carbonyl (C=O) groups excluding carboxylic acids is 1. The van der Waals surface area contributed by atoms with Crippen molar-refractivity contribution in [3.8, 4) is 5.69 Å². The second-order valence-corrected chi connectivity index (χ2v) is 7.41. The molecule has 25 heavy (non-hydrogen) atoms. The molecule has 1 aromatic heterocycles. The number of carbonyl (C=O) groups is 1. The number of hydrogen-bond donors (Lipinski definition) is 1. The van der Waals surface area contributed by atoms with Crippen molar-refractivity contribution in [1.82, 2.24) is 20.2 Å². The molecule has 0 aliphatic heterocycles. The van der Waals surface area contributed by atoms with Gasteiger partial charge in [0.05, 0.1) is 17.1 Å². The monoisotopic (exact) mass is 437 g/mol. The van der Waals surface area contributed by atoms with Crippen LogP contribution in [0.3, 0.4) is 0 Å². The van der Waals surface area contributed by atoms with Gasteiger partial charge in [0.15, 0.2) is 0 Å². The van der Waals surface area contributed by atoms with Crippen LogP contribution in [-0.2, 0) is 4.79 Å². The quantitative estimate of drug-likeness (QED) is 0.607. The van der Waals surface area contributed by atoms with E-state index in [9.17, 15) is 4.79 Å². The number of rotatable bonds is 5. The second kappa shape index (κ2) is 7.99. The third kappa shape index (κ3) is 4.59. The number of benzene rings is 2. The highest BCUT2D eigenvalue weighted by molar-refractivity contribution is 9.10. The minimum absolute atomic E-state index is 0.143. The molecular weight excluding hydrogens is 426 g/mol. The topological polar surface area (TPSA) is 72.7 Å². The summed E-state index contributed by atoms with van der Waals surface area (Å²) in [5.74, 6) is 0.0385. The van der Waals surface area contributed by atoms with Crippen molar-refractivity contribution in [2.24, 2.45) is 0 Å². The van der Waals surface area contributed by atoms with E-state index in [0.717, 1.165) is 21.4 Å². The number of anilines is 1. The first kappa shape index (κ1) is 17.9. The number of amides is 1. The Morgan fingerprint density at radius 2 is 2.16 bits per heavy atom. The fourth-order valence-electron chi connectivity index (χ4n) is 2.08. The Labute approximate surface area is 162 Å². The van der Waals surface area contributed by atoms with Crippen LogP contribution in [0.5, 0.6) is 0 Å². The molecule has 0 saturated carbocycles. The van der Waals surface area contributed by atoms with Gasteiger partial charge in [-0.2, -0.15) is 4.68 Å². The highest BCUT2D eigenvalue weighted by Gasteiger charge is 2.12. The lowest BCUT2D eigenvalue weighted by Crippen LogP contribution is -2.15. The Balaban J connectivity index is 1.66. The van der Waals surface area contributed by atoms with Crippen LogP contribution in [0.15, 0.2) is 52.1 Å². The van der Waals surface area contributed by atoms with E-state index in [1.54, 1.807) is 16.8 Å². The van der Waals surface area contributed by atoms with E-state index < -0.39 is 0 Å². The van der Waals surface area contributed by atoms with Gasteiger partial charge in [-0.3, -0.25) is 4.79 Å². The van der Waals surface area contributed by atoms with Crippen LogP contribution in [-0.4, -0.2) is 31.9 Å². The number of aromatic nitrogens is 4. The summed E-state index contributed by atoms with van der Waals surface area (Å²) in [6, 6.07) is 12.9. The van der Waals surface area contributed by atoms with Crippen LogP contribution in [0, 0.1) is 6.92 Å². The van der Waals surface area contributed by atoms with Gasteiger partial charge in [0.1, 0.15) is 0 Å². The molecule has 0 atom stereocenters. The van der Waals surface area contributed by atoms with Crippen LogP contribution >= 0.6 is 39.3 Å². The number of nitrogens with one attached hydrogen (secondary N) is 1. The number of aryl methyl sites for hydroxylation is 1. The van der Waals surface area contributed by atoms with E-state index >= 15 is 0 Å². The molecule has 0 radical (unpaired) electrons. The Kier molecular flexibility index (Phi) is 5.72. The predicted octanol–water partition coefficient (Wildman–Crippen LogP) is 4.12. The molecule has 1 amide bonds. The second-order valence-electron chi connectivity index (χ2n) is 5.17. The minimum atomic E-state index is -0.143. The van der Waals surface area contributed by atoms with E-state index in [-0.39, 0.29) is 11.7 Å². The molecule has 0 bridgehead atoms. The van der Waals surface area contributed by atoms with Gasteiger partial charge < -0.3 is 5.32 Å². The third-order valence-corrected chi connectivity index (χ3v) is 5.04. The molecule has 1 N–H and O–H groups in total. The first-order chi connectivity index (χ1) is 12.0. The Morgan fingerprint density at radius 3 is 2.92 bits per heavy atom. The molecule has 128 valence electrons. The molecule has 0 unspecified atom stereocenters. The fraction of sp³-hybridized carbons (Fsp3) is 0.125. The van der Waals surface area contributed by atoms with Gasteiger partial charge >= 0.3 is 0 Å². The van der Waals surface area contributed by atoms with Crippen molar-refractivity contribution in [3.05, 3.63) is 57.5 Å². The van der Waals surface area contributed by atoms with Crippen molar-refractivity contribution < 1.29 is 4.79 Å². The summed E-state index contributed by atoms with van der Waals surface area (Å²) in [5, 5.41) is 15.6. The van der Waals surface area contributed by atoms with Crippen molar-refractivity contribution >= 4 is 50.9 Å². The molecule has 0 saturated heterocycles. The highest BCUT2D eigenvalue weighted by Crippen LogP contribution is 2.24. The van der Waals surface area contributed by atoms with Gasteiger partial charge in [0.25, 0.3) is 0 Å². The summed E-state index contributed by atoms with van der Waals surface area (Å²) in [5.41, 5.74) is 2.58. The Morgan fingerprint density at radius 1 is 1.32 bits per heavy atom. The first-order valence-corrected chi connectivity index (χ1v) is 9.42. The molecule has 0 spiro atoms. The van der Waals surface area contributed by atoms with Crippen molar-refractivity contribution in [1.29, 1.82) is 0 Å². The predicted molar refractivity (Wildman–Crippen MR) is 102 cm³/mol. The fourth-order valence-corrected chi connectivity index (χ4v) is 3.54. The Bertz CT molecular complexity index is 917.